The molecular formula is C15H18N2O. The highest BCUT2D eigenvalue weighted by molar-refractivity contribution is 5.87. The number of nitrogens with zero attached hydrogens (tertiary/aromatic N) is 2. The molecule has 0 atom stereocenters. The first-order valence-electron chi connectivity index (χ1n) is 6.00. The zero-order chi connectivity index (χ0) is 13.3. The Kier molecular flexibility index (Phi) is 3.07. The maximum absolute atomic E-state index is 11.3. The van der Waals surface area contributed by atoms with Crippen LogP contribution in [0.4, 0.5) is 0 Å². The van der Waals surface area contributed by atoms with Gasteiger partial charge < -0.3 is 0 Å². The van der Waals surface area contributed by atoms with Gasteiger partial charge in [0.25, 0.3) is 0 Å². The fourth-order valence-electron chi connectivity index (χ4n) is 1.95. The first-order chi connectivity index (χ1) is 8.41. The van der Waals surface area contributed by atoms with E-state index in [1.807, 2.05) is 25.4 Å². The molecule has 0 saturated carbocycles. The lowest BCUT2D eigenvalue weighted by Gasteiger charge is -2.20. The molecule has 0 fully saturated rings. The molecule has 1 heterocycles. The van der Waals surface area contributed by atoms with E-state index < -0.39 is 0 Å². The quantitative estimate of drug-likeness (QED) is 0.758. The molecular weight excluding hydrogens is 224 g/mol. The third kappa shape index (κ3) is 2.35. The molecule has 94 valence electrons. The number of aryl methyl sites for hydroxylation is 1. The number of benzene rings is 1. The molecule has 2 rings (SSSR count). The van der Waals surface area contributed by atoms with E-state index in [-0.39, 0.29) is 5.41 Å². The number of hydrogen-bond donors (Lipinski definition) is 0. The van der Waals surface area contributed by atoms with Crippen molar-refractivity contribution in [3.63, 3.8) is 0 Å². The summed E-state index contributed by atoms with van der Waals surface area (Å²) < 4.78 is 1.74. The van der Waals surface area contributed by atoms with E-state index in [0.717, 1.165) is 28.5 Å². The van der Waals surface area contributed by atoms with Gasteiger partial charge in [-0.05, 0) is 22.6 Å². The highest BCUT2D eigenvalue weighted by Crippen LogP contribution is 2.28. The fourth-order valence-corrected chi connectivity index (χ4v) is 1.95. The second kappa shape index (κ2) is 4.41. The number of aromatic nitrogens is 2. The SMILES string of the molecule is Cn1cc(-c2ccc(C(C)(C)C)cc2C=O)cn1. The zero-order valence-corrected chi connectivity index (χ0v) is 11.3. The second-order valence-corrected chi connectivity index (χ2v) is 5.57. The van der Waals surface area contributed by atoms with Crippen LogP contribution >= 0.6 is 0 Å². The van der Waals surface area contributed by atoms with Crippen LogP contribution in [-0.2, 0) is 12.5 Å². The maximum Gasteiger partial charge on any atom is 0.150 e. The van der Waals surface area contributed by atoms with Crippen molar-refractivity contribution in [1.82, 2.24) is 9.78 Å². The third-order valence-corrected chi connectivity index (χ3v) is 3.06. The predicted octanol–water partition coefficient (Wildman–Crippen LogP) is 3.20. The largest absolute Gasteiger partial charge is 0.298 e. The first-order valence-corrected chi connectivity index (χ1v) is 6.00. The molecule has 0 bridgehead atoms. The molecule has 0 aliphatic carbocycles. The normalized spacial score (nSPS) is 11.6. The molecule has 2 aromatic rings. The smallest absolute Gasteiger partial charge is 0.150 e. The van der Waals surface area contributed by atoms with Crippen LogP contribution in [-0.4, -0.2) is 16.1 Å². The van der Waals surface area contributed by atoms with Gasteiger partial charge in [-0.15, -0.1) is 0 Å². The van der Waals surface area contributed by atoms with Gasteiger partial charge in [-0.3, -0.25) is 9.48 Å². The van der Waals surface area contributed by atoms with Crippen molar-refractivity contribution in [2.45, 2.75) is 26.2 Å². The van der Waals surface area contributed by atoms with Gasteiger partial charge in [0.2, 0.25) is 0 Å². The molecule has 18 heavy (non-hydrogen) atoms. The molecule has 0 saturated heterocycles. The summed E-state index contributed by atoms with van der Waals surface area (Å²) in [5.74, 6) is 0. The van der Waals surface area contributed by atoms with Gasteiger partial charge in [-0.2, -0.15) is 5.10 Å². The van der Waals surface area contributed by atoms with E-state index in [1.165, 1.54) is 0 Å². The molecule has 0 amide bonds. The number of hydrogen-bond acceptors (Lipinski definition) is 2. The minimum atomic E-state index is 0.0469. The van der Waals surface area contributed by atoms with Crippen molar-refractivity contribution >= 4 is 6.29 Å². The van der Waals surface area contributed by atoms with Crippen LogP contribution in [0, 0.1) is 0 Å². The van der Waals surface area contributed by atoms with E-state index in [0.29, 0.717) is 0 Å². The Hall–Kier alpha value is -1.90. The second-order valence-electron chi connectivity index (χ2n) is 5.57. The molecule has 0 unspecified atom stereocenters. The van der Waals surface area contributed by atoms with E-state index >= 15 is 0 Å². The van der Waals surface area contributed by atoms with Crippen molar-refractivity contribution in [3.8, 4) is 11.1 Å². The molecule has 0 N–H and O–H groups in total. The van der Waals surface area contributed by atoms with Crippen LogP contribution in [0.15, 0.2) is 30.6 Å². The summed E-state index contributed by atoms with van der Waals surface area (Å²) in [7, 11) is 1.87. The summed E-state index contributed by atoms with van der Waals surface area (Å²) in [6.45, 7) is 6.42. The molecule has 3 nitrogen and oxygen atoms in total. The van der Waals surface area contributed by atoms with Gasteiger partial charge in [0.15, 0.2) is 6.29 Å². The fraction of sp³-hybridized carbons (Fsp3) is 0.333. The Morgan fingerprint density at radius 2 is 2.00 bits per heavy atom. The molecule has 3 heteroatoms. The Bertz CT molecular complexity index is 576. The summed E-state index contributed by atoms with van der Waals surface area (Å²) in [4.78, 5) is 11.3. The summed E-state index contributed by atoms with van der Waals surface area (Å²) in [6, 6.07) is 6.05. The van der Waals surface area contributed by atoms with Crippen molar-refractivity contribution in [2.75, 3.05) is 0 Å². The topological polar surface area (TPSA) is 34.9 Å². The van der Waals surface area contributed by atoms with Gasteiger partial charge in [0.05, 0.1) is 6.20 Å². The molecule has 1 aromatic heterocycles. The lowest BCUT2D eigenvalue weighted by molar-refractivity contribution is 0.112. The van der Waals surface area contributed by atoms with Gasteiger partial charge in [-0.1, -0.05) is 32.9 Å². The summed E-state index contributed by atoms with van der Waals surface area (Å²) in [5.41, 5.74) is 3.84. The van der Waals surface area contributed by atoms with Crippen LogP contribution in [0.25, 0.3) is 11.1 Å². The predicted molar refractivity (Wildman–Crippen MR) is 72.7 cm³/mol. The summed E-state index contributed by atoms with van der Waals surface area (Å²) in [5, 5.41) is 4.14. The summed E-state index contributed by atoms with van der Waals surface area (Å²) in [6.07, 6.45) is 4.61. The molecule has 0 aliphatic rings. The van der Waals surface area contributed by atoms with E-state index in [4.69, 9.17) is 0 Å². The Morgan fingerprint density at radius 1 is 1.28 bits per heavy atom. The molecule has 0 aliphatic heterocycles. The van der Waals surface area contributed by atoms with Crippen LogP contribution in [0.2, 0.25) is 0 Å². The minimum Gasteiger partial charge on any atom is -0.298 e. The standard InChI is InChI=1S/C15H18N2O/c1-15(2,3)13-5-6-14(11(7-13)10-18)12-8-16-17(4)9-12/h5-10H,1-4H3. The molecule has 0 radical (unpaired) electrons. The number of aldehydes is 1. The summed E-state index contributed by atoms with van der Waals surface area (Å²) >= 11 is 0. The van der Waals surface area contributed by atoms with E-state index in [9.17, 15) is 4.79 Å². The van der Waals surface area contributed by atoms with Crippen LogP contribution in [0.1, 0.15) is 36.7 Å². The van der Waals surface area contributed by atoms with Crippen LogP contribution in [0.5, 0.6) is 0 Å². The van der Waals surface area contributed by atoms with Gasteiger partial charge in [0, 0.05) is 24.4 Å². The average Bonchev–Trinajstić information content (AvgIpc) is 2.73. The zero-order valence-electron chi connectivity index (χ0n) is 11.3. The van der Waals surface area contributed by atoms with Crippen LogP contribution < -0.4 is 0 Å². The number of carbonyl (C=O) groups excluding carboxylic acids is 1. The lowest BCUT2D eigenvalue weighted by atomic mass is 9.85. The minimum absolute atomic E-state index is 0.0469. The van der Waals surface area contributed by atoms with Crippen molar-refractivity contribution in [2.24, 2.45) is 7.05 Å². The Labute approximate surface area is 107 Å². The first kappa shape index (κ1) is 12.6. The van der Waals surface area contributed by atoms with Gasteiger partial charge in [0.1, 0.15) is 0 Å². The number of carbonyl (C=O) groups is 1. The maximum atomic E-state index is 11.3. The monoisotopic (exact) mass is 242 g/mol. The third-order valence-electron chi connectivity index (χ3n) is 3.06. The average molecular weight is 242 g/mol. The highest BCUT2D eigenvalue weighted by Gasteiger charge is 2.16. The molecule has 1 aromatic carbocycles. The molecule has 0 spiro atoms. The Morgan fingerprint density at radius 3 is 2.50 bits per heavy atom. The lowest BCUT2D eigenvalue weighted by Crippen LogP contribution is -2.11. The van der Waals surface area contributed by atoms with E-state index in [2.05, 4.69) is 31.9 Å². The van der Waals surface area contributed by atoms with Crippen molar-refractivity contribution in [1.29, 1.82) is 0 Å². The van der Waals surface area contributed by atoms with Crippen LogP contribution in [0.3, 0.4) is 0 Å². The van der Waals surface area contributed by atoms with Gasteiger partial charge >= 0.3 is 0 Å². The van der Waals surface area contributed by atoms with Crippen molar-refractivity contribution in [3.05, 3.63) is 41.7 Å². The highest BCUT2D eigenvalue weighted by atomic mass is 16.1. The van der Waals surface area contributed by atoms with Crippen molar-refractivity contribution < 1.29 is 4.79 Å². The number of rotatable bonds is 2. The van der Waals surface area contributed by atoms with Gasteiger partial charge in [-0.25, -0.2) is 0 Å². The van der Waals surface area contributed by atoms with E-state index in [1.54, 1.807) is 10.9 Å². The Balaban J connectivity index is 2.54.